The smallest absolute Gasteiger partial charge is 0.408 e. The van der Waals surface area contributed by atoms with Crippen LogP contribution in [0.4, 0.5) is 0 Å². The molecule has 0 aliphatic carbocycles. The summed E-state index contributed by atoms with van der Waals surface area (Å²) in [5.74, 6) is -1.12. The Labute approximate surface area is 180 Å². The van der Waals surface area contributed by atoms with E-state index in [9.17, 15) is 18.0 Å². The molecule has 164 valence electrons. The zero-order valence-electron chi connectivity index (χ0n) is 17.4. The molecular weight excluding hydrogens is 418 g/mol. The molecule has 1 N–H and O–H groups in total. The molecule has 0 unspecified atom stereocenters. The number of sulfonamides is 1. The van der Waals surface area contributed by atoms with Crippen LogP contribution in [0.15, 0.2) is 62.6 Å². The number of carbonyl (C=O) groups excluding carboxylic acids is 1. The van der Waals surface area contributed by atoms with Crippen molar-refractivity contribution in [3.63, 3.8) is 0 Å². The van der Waals surface area contributed by atoms with Gasteiger partial charge in [-0.05, 0) is 37.5 Å². The molecule has 2 aromatic carbocycles. The summed E-state index contributed by atoms with van der Waals surface area (Å²) in [4.78, 5) is 24.6. The van der Waals surface area contributed by atoms with Crippen LogP contribution >= 0.6 is 0 Å². The number of carbonyl (C=O) groups is 1. The highest BCUT2D eigenvalue weighted by Gasteiger charge is 2.34. The molecule has 0 bridgehead atoms. The second-order valence-electron chi connectivity index (χ2n) is 7.90. The van der Waals surface area contributed by atoms with Gasteiger partial charge >= 0.3 is 5.76 Å². The van der Waals surface area contributed by atoms with Crippen LogP contribution < -0.4 is 11.1 Å². The Morgan fingerprint density at radius 1 is 1.19 bits per heavy atom. The van der Waals surface area contributed by atoms with Gasteiger partial charge in [0.05, 0.1) is 22.4 Å². The fourth-order valence-electron chi connectivity index (χ4n) is 3.95. The van der Waals surface area contributed by atoms with Gasteiger partial charge in [-0.2, -0.15) is 4.31 Å². The first-order chi connectivity index (χ1) is 14.8. The number of benzene rings is 2. The Balaban J connectivity index is 1.51. The van der Waals surface area contributed by atoms with Gasteiger partial charge in [0.1, 0.15) is 0 Å². The first-order valence-corrected chi connectivity index (χ1v) is 11.7. The molecule has 1 aliphatic heterocycles. The van der Waals surface area contributed by atoms with E-state index in [0.29, 0.717) is 24.9 Å². The van der Waals surface area contributed by atoms with Gasteiger partial charge in [-0.3, -0.25) is 9.36 Å². The normalized spacial score (nSPS) is 18.7. The lowest BCUT2D eigenvalue weighted by atomic mass is 9.98. The molecule has 1 saturated heterocycles. The molecule has 1 amide bonds. The van der Waals surface area contributed by atoms with E-state index in [1.807, 2.05) is 37.3 Å². The minimum atomic E-state index is -3.82. The van der Waals surface area contributed by atoms with Crippen molar-refractivity contribution in [3.05, 3.63) is 64.6 Å². The molecule has 1 fully saturated rings. The Morgan fingerprint density at radius 3 is 2.68 bits per heavy atom. The van der Waals surface area contributed by atoms with Crippen LogP contribution in [-0.2, 0) is 21.9 Å². The highest BCUT2D eigenvalue weighted by atomic mass is 32.2. The fraction of sp³-hybridized carbons (Fsp3) is 0.364. The van der Waals surface area contributed by atoms with Gasteiger partial charge in [-0.25, -0.2) is 13.2 Å². The van der Waals surface area contributed by atoms with Crippen molar-refractivity contribution in [2.45, 2.75) is 30.7 Å². The van der Waals surface area contributed by atoms with Crippen LogP contribution in [0, 0.1) is 5.92 Å². The van der Waals surface area contributed by atoms with Crippen LogP contribution in [-0.4, -0.2) is 36.3 Å². The van der Waals surface area contributed by atoms with Crippen molar-refractivity contribution >= 4 is 27.0 Å². The standard InChI is InChI=1S/C22H25N3O5S/c1-15(16-7-4-3-5-8-16)23-21(26)17-9-6-12-25(14-17)31(28,29)18-10-11-19-20(13-18)30-22(27)24(19)2/h3-5,7-8,10-11,13,15,17H,6,9,12,14H2,1-2H3,(H,23,26)/t15-,17+/m0/s1. The van der Waals surface area contributed by atoms with Crippen LogP contribution in [0.25, 0.3) is 11.1 Å². The van der Waals surface area contributed by atoms with Crippen molar-refractivity contribution in [1.29, 1.82) is 0 Å². The summed E-state index contributed by atoms with van der Waals surface area (Å²) in [6, 6.07) is 13.9. The highest BCUT2D eigenvalue weighted by Crippen LogP contribution is 2.26. The van der Waals surface area contributed by atoms with E-state index in [1.165, 1.54) is 21.0 Å². The van der Waals surface area contributed by atoms with Gasteiger partial charge in [0, 0.05) is 26.2 Å². The van der Waals surface area contributed by atoms with Crippen LogP contribution in [0.2, 0.25) is 0 Å². The molecular formula is C22H25N3O5S. The number of amides is 1. The molecule has 2 heterocycles. The van der Waals surface area contributed by atoms with Gasteiger partial charge in [0.25, 0.3) is 0 Å². The predicted molar refractivity (Wildman–Crippen MR) is 116 cm³/mol. The molecule has 1 aromatic heterocycles. The van der Waals surface area contributed by atoms with E-state index in [0.717, 1.165) is 5.56 Å². The molecule has 3 aromatic rings. The number of nitrogens with one attached hydrogen (secondary N) is 1. The van der Waals surface area contributed by atoms with Crippen molar-refractivity contribution < 1.29 is 17.6 Å². The first-order valence-electron chi connectivity index (χ1n) is 10.2. The second-order valence-corrected chi connectivity index (χ2v) is 9.84. The largest absolute Gasteiger partial charge is 0.419 e. The van der Waals surface area contributed by atoms with Crippen molar-refractivity contribution in [1.82, 2.24) is 14.2 Å². The van der Waals surface area contributed by atoms with Gasteiger partial charge < -0.3 is 9.73 Å². The lowest BCUT2D eigenvalue weighted by Gasteiger charge is -2.32. The highest BCUT2D eigenvalue weighted by molar-refractivity contribution is 7.89. The molecule has 4 rings (SSSR count). The second kappa shape index (κ2) is 8.32. The number of aryl methyl sites for hydroxylation is 1. The number of oxazole rings is 1. The molecule has 2 atom stereocenters. The third-order valence-electron chi connectivity index (χ3n) is 5.81. The molecule has 31 heavy (non-hydrogen) atoms. The fourth-order valence-corrected chi connectivity index (χ4v) is 5.49. The summed E-state index contributed by atoms with van der Waals surface area (Å²) in [5, 5.41) is 3.00. The molecule has 1 aliphatic rings. The Morgan fingerprint density at radius 2 is 1.94 bits per heavy atom. The molecule has 0 spiro atoms. The summed E-state index contributed by atoms with van der Waals surface area (Å²) >= 11 is 0. The van der Waals surface area contributed by atoms with E-state index in [2.05, 4.69) is 5.32 Å². The number of hydrogen-bond donors (Lipinski definition) is 1. The number of piperidine rings is 1. The molecule has 9 heteroatoms. The molecule has 8 nitrogen and oxygen atoms in total. The topological polar surface area (TPSA) is 102 Å². The zero-order chi connectivity index (χ0) is 22.2. The third-order valence-corrected chi connectivity index (χ3v) is 7.68. The maximum atomic E-state index is 13.2. The maximum absolute atomic E-state index is 13.2. The van der Waals surface area contributed by atoms with Gasteiger partial charge in [0.15, 0.2) is 5.58 Å². The van der Waals surface area contributed by atoms with Crippen LogP contribution in [0.1, 0.15) is 31.4 Å². The van der Waals surface area contributed by atoms with E-state index in [4.69, 9.17) is 4.42 Å². The van der Waals surface area contributed by atoms with Crippen LogP contribution in [0.3, 0.4) is 0 Å². The molecule has 0 saturated carbocycles. The van der Waals surface area contributed by atoms with Crippen molar-refractivity contribution in [2.75, 3.05) is 13.1 Å². The average Bonchev–Trinajstić information content (AvgIpc) is 3.07. The summed E-state index contributed by atoms with van der Waals surface area (Å²) in [6.45, 7) is 2.37. The SMILES string of the molecule is C[C@H](NC(=O)[C@@H]1CCCN(S(=O)(=O)c2ccc3c(c2)oc(=O)n3C)C1)c1ccccc1. The van der Waals surface area contributed by atoms with Gasteiger partial charge in [-0.15, -0.1) is 0 Å². The van der Waals surface area contributed by atoms with E-state index in [1.54, 1.807) is 13.1 Å². The quantitative estimate of drug-likeness (QED) is 0.653. The Bertz CT molecular complexity index is 1260. The summed E-state index contributed by atoms with van der Waals surface area (Å²) in [5.41, 5.74) is 1.74. The minimum Gasteiger partial charge on any atom is -0.408 e. The average molecular weight is 444 g/mol. The van der Waals surface area contributed by atoms with Gasteiger partial charge in [0.2, 0.25) is 15.9 Å². The maximum Gasteiger partial charge on any atom is 0.419 e. The van der Waals surface area contributed by atoms with E-state index in [-0.39, 0.29) is 29.0 Å². The number of hydrogen-bond acceptors (Lipinski definition) is 5. The van der Waals surface area contributed by atoms with Crippen molar-refractivity contribution in [3.8, 4) is 0 Å². The summed E-state index contributed by atoms with van der Waals surface area (Å²) in [7, 11) is -2.26. The van der Waals surface area contributed by atoms with Crippen molar-refractivity contribution in [2.24, 2.45) is 13.0 Å². The zero-order valence-corrected chi connectivity index (χ0v) is 18.3. The Kier molecular flexibility index (Phi) is 5.72. The lowest BCUT2D eigenvalue weighted by molar-refractivity contribution is -0.126. The first kappa shape index (κ1) is 21.3. The minimum absolute atomic E-state index is 0.0491. The summed E-state index contributed by atoms with van der Waals surface area (Å²) in [6.07, 6.45) is 1.23. The molecule has 0 radical (unpaired) electrons. The number of nitrogens with zero attached hydrogens (tertiary/aromatic N) is 2. The van der Waals surface area contributed by atoms with E-state index < -0.39 is 21.7 Å². The lowest BCUT2D eigenvalue weighted by Crippen LogP contribution is -2.45. The van der Waals surface area contributed by atoms with E-state index >= 15 is 0 Å². The third kappa shape index (κ3) is 4.15. The Hall–Kier alpha value is -2.91. The number of fused-ring (bicyclic) bond motifs is 1. The van der Waals surface area contributed by atoms with Gasteiger partial charge in [-0.1, -0.05) is 30.3 Å². The monoisotopic (exact) mass is 443 g/mol. The van der Waals surface area contributed by atoms with Crippen LogP contribution in [0.5, 0.6) is 0 Å². The number of aromatic nitrogens is 1. The summed E-state index contributed by atoms with van der Waals surface area (Å²) < 4.78 is 34.2. The predicted octanol–water partition coefficient (Wildman–Crippen LogP) is 2.41. The number of rotatable bonds is 5.